The standard InChI is InChI=1S/C16H25N/c1-14-9-8-11-15(13-14)10-6-5-7-12-16(2,3)17-4/h6,8-11,13,17H,5,7,12H2,1-4H3/b10-6+. The van der Waals surface area contributed by atoms with E-state index in [1.54, 1.807) is 0 Å². The number of aryl methyl sites for hydroxylation is 1. The van der Waals surface area contributed by atoms with Gasteiger partial charge >= 0.3 is 0 Å². The Kier molecular flexibility index (Phi) is 5.43. The molecule has 1 nitrogen and oxygen atoms in total. The predicted molar refractivity (Wildman–Crippen MR) is 77.2 cm³/mol. The molecule has 0 spiro atoms. The Morgan fingerprint density at radius 2 is 2.06 bits per heavy atom. The number of benzene rings is 1. The molecule has 94 valence electrons. The van der Waals surface area contributed by atoms with E-state index in [9.17, 15) is 0 Å². The Morgan fingerprint density at radius 1 is 1.29 bits per heavy atom. The van der Waals surface area contributed by atoms with Crippen LogP contribution in [0.4, 0.5) is 0 Å². The smallest absolute Gasteiger partial charge is 0.0122 e. The third kappa shape index (κ3) is 5.69. The van der Waals surface area contributed by atoms with Crippen molar-refractivity contribution in [1.29, 1.82) is 0 Å². The second-order valence-electron chi connectivity index (χ2n) is 5.34. The van der Waals surface area contributed by atoms with Crippen LogP contribution in [0.25, 0.3) is 6.08 Å². The summed E-state index contributed by atoms with van der Waals surface area (Å²) in [7, 11) is 2.03. The van der Waals surface area contributed by atoms with Gasteiger partial charge in [-0.05, 0) is 52.6 Å². The van der Waals surface area contributed by atoms with Crippen molar-refractivity contribution in [2.75, 3.05) is 7.05 Å². The maximum absolute atomic E-state index is 3.33. The van der Waals surface area contributed by atoms with Crippen LogP contribution >= 0.6 is 0 Å². The summed E-state index contributed by atoms with van der Waals surface area (Å²) in [4.78, 5) is 0. The number of allylic oxidation sites excluding steroid dienone is 1. The van der Waals surface area contributed by atoms with Gasteiger partial charge in [0.25, 0.3) is 0 Å². The van der Waals surface area contributed by atoms with E-state index in [0.29, 0.717) is 0 Å². The Morgan fingerprint density at radius 3 is 2.71 bits per heavy atom. The SMILES string of the molecule is CNC(C)(C)CCC/C=C/c1cccc(C)c1. The molecule has 1 aromatic carbocycles. The maximum atomic E-state index is 3.33. The van der Waals surface area contributed by atoms with Gasteiger partial charge in [0, 0.05) is 5.54 Å². The van der Waals surface area contributed by atoms with Gasteiger partial charge in [0.2, 0.25) is 0 Å². The Labute approximate surface area is 106 Å². The Hall–Kier alpha value is -1.08. The Balaban J connectivity index is 2.32. The molecule has 1 heteroatoms. The van der Waals surface area contributed by atoms with Gasteiger partial charge in [-0.3, -0.25) is 0 Å². The van der Waals surface area contributed by atoms with E-state index in [-0.39, 0.29) is 5.54 Å². The number of nitrogens with one attached hydrogen (secondary N) is 1. The first kappa shape index (κ1) is 14.0. The fraction of sp³-hybridized carbons (Fsp3) is 0.500. The first-order valence-electron chi connectivity index (χ1n) is 6.46. The van der Waals surface area contributed by atoms with Crippen molar-refractivity contribution in [2.24, 2.45) is 0 Å². The fourth-order valence-electron chi connectivity index (χ4n) is 1.78. The molecule has 1 rings (SSSR count). The molecule has 0 aliphatic heterocycles. The molecule has 0 fully saturated rings. The molecule has 0 saturated heterocycles. The minimum absolute atomic E-state index is 0.261. The molecule has 0 aliphatic rings. The largest absolute Gasteiger partial charge is 0.315 e. The quantitative estimate of drug-likeness (QED) is 0.724. The topological polar surface area (TPSA) is 12.0 Å². The van der Waals surface area contributed by atoms with E-state index in [1.165, 1.54) is 24.0 Å². The Bertz CT molecular complexity index is 364. The highest BCUT2D eigenvalue weighted by Crippen LogP contribution is 2.13. The van der Waals surface area contributed by atoms with Crippen LogP contribution in [-0.4, -0.2) is 12.6 Å². The molecule has 0 amide bonds. The lowest BCUT2D eigenvalue weighted by molar-refractivity contribution is 0.383. The molecule has 0 aromatic heterocycles. The van der Waals surface area contributed by atoms with E-state index in [4.69, 9.17) is 0 Å². The molecule has 0 bridgehead atoms. The monoisotopic (exact) mass is 231 g/mol. The minimum atomic E-state index is 0.261. The zero-order chi connectivity index (χ0) is 12.7. The summed E-state index contributed by atoms with van der Waals surface area (Å²) in [6, 6.07) is 8.61. The third-order valence-electron chi connectivity index (χ3n) is 3.20. The molecule has 0 atom stereocenters. The highest BCUT2D eigenvalue weighted by Gasteiger charge is 2.12. The second kappa shape index (κ2) is 6.61. The average molecular weight is 231 g/mol. The van der Waals surface area contributed by atoms with E-state index < -0.39 is 0 Å². The van der Waals surface area contributed by atoms with Crippen LogP contribution in [0.2, 0.25) is 0 Å². The van der Waals surface area contributed by atoms with Gasteiger partial charge in [0.15, 0.2) is 0 Å². The van der Waals surface area contributed by atoms with Crippen molar-refractivity contribution >= 4 is 6.08 Å². The van der Waals surface area contributed by atoms with Gasteiger partial charge in [-0.1, -0.05) is 42.0 Å². The molecule has 0 radical (unpaired) electrons. The zero-order valence-electron chi connectivity index (χ0n) is 11.6. The summed E-state index contributed by atoms with van der Waals surface area (Å²) >= 11 is 0. The number of hydrogen-bond acceptors (Lipinski definition) is 1. The predicted octanol–water partition coefficient (Wildman–Crippen LogP) is 4.18. The van der Waals surface area contributed by atoms with Crippen LogP contribution in [-0.2, 0) is 0 Å². The van der Waals surface area contributed by atoms with Crippen LogP contribution in [0.15, 0.2) is 30.3 Å². The van der Waals surface area contributed by atoms with E-state index in [1.807, 2.05) is 7.05 Å². The van der Waals surface area contributed by atoms with E-state index in [0.717, 1.165) is 6.42 Å². The summed E-state index contributed by atoms with van der Waals surface area (Å²) in [6.07, 6.45) is 8.09. The van der Waals surface area contributed by atoms with Crippen LogP contribution in [0.1, 0.15) is 44.2 Å². The lowest BCUT2D eigenvalue weighted by atomic mass is 9.97. The van der Waals surface area contributed by atoms with Crippen molar-refractivity contribution < 1.29 is 0 Å². The van der Waals surface area contributed by atoms with Gasteiger partial charge in [-0.2, -0.15) is 0 Å². The molecular weight excluding hydrogens is 206 g/mol. The van der Waals surface area contributed by atoms with Crippen molar-refractivity contribution in [3.05, 3.63) is 41.5 Å². The van der Waals surface area contributed by atoms with Crippen molar-refractivity contribution in [3.8, 4) is 0 Å². The number of unbranched alkanes of at least 4 members (excludes halogenated alkanes) is 1. The molecule has 0 aliphatic carbocycles. The summed E-state index contributed by atoms with van der Waals surface area (Å²) in [5.41, 5.74) is 2.89. The third-order valence-corrected chi connectivity index (χ3v) is 3.20. The van der Waals surface area contributed by atoms with Crippen LogP contribution in [0, 0.1) is 6.92 Å². The van der Waals surface area contributed by atoms with E-state index in [2.05, 4.69) is 62.5 Å². The van der Waals surface area contributed by atoms with Crippen LogP contribution in [0.5, 0.6) is 0 Å². The summed E-state index contributed by atoms with van der Waals surface area (Å²) in [5, 5.41) is 3.33. The summed E-state index contributed by atoms with van der Waals surface area (Å²) in [6.45, 7) is 6.63. The lowest BCUT2D eigenvalue weighted by Crippen LogP contribution is -2.35. The highest BCUT2D eigenvalue weighted by molar-refractivity contribution is 5.49. The molecular formula is C16H25N. The molecule has 1 N–H and O–H groups in total. The van der Waals surface area contributed by atoms with Gasteiger partial charge in [0.05, 0.1) is 0 Å². The highest BCUT2D eigenvalue weighted by atomic mass is 14.9. The van der Waals surface area contributed by atoms with Gasteiger partial charge in [0.1, 0.15) is 0 Å². The number of hydrogen-bond donors (Lipinski definition) is 1. The maximum Gasteiger partial charge on any atom is 0.0122 e. The first-order chi connectivity index (χ1) is 8.03. The summed E-state index contributed by atoms with van der Waals surface area (Å²) in [5.74, 6) is 0. The molecule has 17 heavy (non-hydrogen) atoms. The molecule has 0 unspecified atom stereocenters. The van der Waals surface area contributed by atoms with Crippen LogP contribution < -0.4 is 5.32 Å². The van der Waals surface area contributed by atoms with E-state index >= 15 is 0 Å². The summed E-state index contributed by atoms with van der Waals surface area (Å²) < 4.78 is 0. The van der Waals surface area contributed by atoms with Gasteiger partial charge in [-0.25, -0.2) is 0 Å². The van der Waals surface area contributed by atoms with Crippen molar-refractivity contribution in [2.45, 2.75) is 45.6 Å². The molecule has 1 aromatic rings. The van der Waals surface area contributed by atoms with Crippen molar-refractivity contribution in [3.63, 3.8) is 0 Å². The molecule has 0 heterocycles. The van der Waals surface area contributed by atoms with Gasteiger partial charge < -0.3 is 5.32 Å². The van der Waals surface area contributed by atoms with Crippen molar-refractivity contribution in [1.82, 2.24) is 5.32 Å². The van der Waals surface area contributed by atoms with Gasteiger partial charge in [-0.15, -0.1) is 0 Å². The number of rotatable bonds is 6. The first-order valence-corrected chi connectivity index (χ1v) is 6.46. The zero-order valence-corrected chi connectivity index (χ0v) is 11.6. The van der Waals surface area contributed by atoms with Crippen LogP contribution in [0.3, 0.4) is 0 Å². The lowest BCUT2D eigenvalue weighted by Gasteiger charge is -2.23. The average Bonchev–Trinajstić information content (AvgIpc) is 2.29. The fourth-order valence-corrected chi connectivity index (χ4v) is 1.78. The molecule has 0 saturated carbocycles. The minimum Gasteiger partial charge on any atom is -0.315 e. The normalized spacial score (nSPS) is 12.2. The second-order valence-corrected chi connectivity index (χ2v) is 5.34.